The smallest absolute Gasteiger partial charge is 0.261 e. The van der Waals surface area contributed by atoms with Crippen LogP contribution in [0.4, 0.5) is 0 Å². The standard InChI is InChI=1S/C22H26N2OSi/c1-5-24-16-19(23-18-24)17-25-26(22(2,3)4,20-12-8-6-9-13-20)21-14-10-7-11-15-21/h5-16,18H,1,17H2,2-4H3. The lowest BCUT2D eigenvalue weighted by atomic mass is 10.2. The largest absolute Gasteiger partial charge is 0.401 e. The van der Waals surface area contributed by atoms with E-state index in [0.717, 1.165) is 5.69 Å². The summed E-state index contributed by atoms with van der Waals surface area (Å²) in [5.74, 6) is 0. The van der Waals surface area contributed by atoms with Gasteiger partial charge in [-0.2, -0.15) is 0 Å². The maximum absolute atomic E-state index is 6.84. The zero-order chi connectivity index (χ0) is 18.6. The van der Waals surface area contributed by atoms with Crippen LogP contribution in [-0.4, -0.2) is 17.9 Å². The van der Waals surface area contributed by atoms with E-state index in [-0.39, 0.29) is 5.04 Å². The number of benzene rings is 2. The average molecular weight is 363 g/mol. The molecule has 0 spiro atoms. The Kier molecular flexibility index (Phi) is 5.25. The fourth-order valence-corrected chi connectivity index (χ4v) is 8.02. The van der Waals surface area contributed by atoms with Gasteiger partial charge in [0.2, 0.25) is 0 Å². The minimum Gasteiger partial charge on any atom is -0.401 e. The lowest BCUT2D eigenvalue weighted by Crippen LogP contribution is -2.66. The SMILES string of the molecule is C=Cn1cnc(CO[Si](c2ccccc2)(c2ccccc2)C(C)(C)C)c1. The van der Waals surface area contributed by atoms with Crippen LogP contribution in [0.15, 0.2) is 79.8 Å². The molecule has 0 N–H and O–H groups in total. The van der Waals surface area contributed by atoms with Gasteiger partial charge >= 0.3 is 0 Å². The summed E-state index contributed by atoms with van der Waals surface area (Å²) in [5.41, 5.74) is 0.915. The quantitative estimate of drug-likeness (QED) is 0.618. The molecule has 0 radical (unpaired) electrons. The van der Waals surface area contributed by atoms with Gasteiger partial charge in [0.25, 0.3) is 8.32 Å². The van der Waals surface area contributed by atoms with Gasteiger partial charge in [-0.05, 0) is 15.4 Å². The van der Waals surface area contributed by atoms with Gasteiger partial charge in [-0.1, -0.05) is 88.0 Å². The van der Waals surface area contributed by atoms with E-state index in [1.54, 1.807) is 12.5 Å². The van der Waals surface area contributed by atoms with Crippen molar-refractivity contribution >= 4 is 24.9 Å². The third-order valence-corrected chi connectivity index (χ3v) is 9.70. The first-order valence-corrected chi connectivity index (χ1v) is 10.8. The third-order valence-electron chi connectivity index (χ3n) is 4.72. The summed E-state index contributed by atoms with van der Waals surface area (Å²) >= 11 is 0. The Morgan fingerprint density at radius 1 is 1.00 bits per heavy atom. The molecule has 0 amide bonds. The molecule has 0 saturated heterocycles. The molecule has 0 unspecified atom stereocenters. The maximum atomic E-state index is 6.84. The van der Waals surface area contributed by atoms with Crippen molar-refractivity contribution in [2.24, 2.45) is 0 Å². The van der Waals surface area contributed by atoms with E-state index in [2.05, 4.69) is 93.0 Å². The van der Waals surface area contributed by atoms with E-state index in [1.807, 2.05) is 10.8 Å². The average Bonchev–Trinajstić information content (AvgIpc) is 3.11. The van der Waals surface area contributed by atoms with Crippen molar-refractivity contribution in [3.05, 3.63) is 85.5 Å². The molecule has 0 fully saturated rings. The van der Waals surface area contributed by atoms with Crippen LogP contribution < -0.4 is 10.4 Å². The predicted molar refractivity (Wildman–Crippen MR) is 111 cm³/mol. The summed E-state index contributed by atoms with van der Waals surface area (Å²) in [6, 6.07) is 21.3. The highest BCUT2D eigenvalue weighted by molar-refractivity contribution is 6.99. The van der Waals surface area contributed by atoms with Crippen LogP contribution in [0.5, 0.6) is 0 Å². The van der Waals surface area contributed by atoms with Gasteiger partial charge in [-0.25, -0.2) is 4.98 Å². The summed E-state index contributed by atoms with van der Waals surface area (Å²) in [4.78, 5) is 4.45. The Balaban J connectivity index is 2.09. The van der Waals surface area contributed by atoms with Gasteiger partial charge in [0.1, 0.15) is 0 Å². The Labute approximate surface area is 157 Å². The molecule has 0 bridgehead atoms. The first-order chi connectivity index (χ1) is 12.5. The van der Waals surface area contributed by atoms with Crippen molar-refractivity contribution in [3.63, 3.8) is 0 Å². The fourth-order valence-electron chi connectivity index (χ4n) is 3.50. The highest BCUT2D eigenvalue weighted by Crippen LogP contribution is 2.37. The molecule has 0 saturated carbocycles. The fraction of sp³-hybridized carbons (Fsp3) is 0.227. The van der Waals surface area contributed by atoms with Crippen LogP contribution in [0.3, 0.4) is 0 Å². The second-order valence-corrected chi connectivity index (χ2v) is 11.8. The Bertz CT molecular complexity index is 811. The number of aromatic nitrogens is 2. The van der Waals surface area contributed by atoms with Crippen molar-refractivity contribution in [1.82, 2.24) is 9.55 Å². The summed E-state index contributed by atoms with van der Waals surface area (Å²) in [7, 11) is -2.51. The maximum Gasteiger partial charge on any atom is 0.261 e. The van der Waals surface area contributed by atoms with Crippen molar-refractivity contribution in [2.75, 3.05) is 0 Å². The highest BCUT2D eigenvalue weighted by atomic mass is 28.4. The predicted octanol–water partition coefficient (Wildman–Crippen LogP) is 4.06. The van der Waals surface area contributed by atoms with Crippen LogP contribution in [0, 0.1) is 0 Å². The number of hydrogen-bond acceptors (Lipinski definition) is 2. The van der Waals surface area contributed by atoms with E-state index in [4.69, 9.17) is 4.43 Å². The van der Waals surface area contributed by atoms with Crippen LogP contribution in [0.2, 0.25) is 5.04 Å². The van der Waals surface area contributed by atoms with E-state index in [1.165, 1.54) is 10.4 Å². The second kappa shape index (κ2) is 7.44. The normalized spacial score (nSPS) is 12.1. The molecule has 2 aromatic carbocycles. The molecule has 0 aliphatic heterocycles. The Hall–Kier alpha value is -2.43. The second-order valence-electron chi connectivity index (χ2n) is 7.45. The zero-order valence-electron chi connectivity index (χ0n) is 15.7. The van der Waals surface area contributed by atoms with Gasteiger partial charge < -0.3 is 8.99 Å². The topological polar surface area (TPSA) is 27.1 Å². The molecule has 0 aliphatic rings. The molecule has 26 heavy (non-hydrogen) atoms. The molecule has 4 heteroatoms. The van der Waals surface area contributed by atoms with Gasteiger partial charge in [0.15, 0.2) is 0 Å². The van der Waals surface area contributed by atoms with E-state index in [0.29, 0.717) is 6.61 Å². The minimum atomic E-state index is -2.51. The lowest BCUT2D eigenvalue weighted by Gasteiger charge is -2.42. The van der Waals surface area contributed by atoms with Gasteiger partial charge in [0, 0.05) is 12.4 Å². The Morgan fingerprint density at radius 2 is 1.54 bits per heavy atom. The Morgan fingerprint density at radius 3 is 1.96 bits per heavy atom. The van der Waals surface area contributed by atoms with Crippen molar-refractivity contribution in [2.45, 2.75) is 32.4 Å². The van der Waals surface area contributed by atoms with Crippen molar-refractivity contribution < 1.29 is 4.43 Å². The molecule has 0 atom stereocenters. The molecule has 3 nitrogen and oxygen atoms in total. The first kappa shape index (κ1) is 18.4. The molecule has 3 aromatic rings. The number of rotatable bonds is 6. The minimum absolute atomic E-state index is 0.0310. The van der Waals surface area contributed by atoms with Gasteiger partial charge in [-0.3, -0.25) is 0 Å². The van der Waals surface area contributed by atoms with Crippen molar-refractivity contribution in [1.29, 1.82) is 0 Å². The number of imidazole rings is 1. The van der Waals surface area contributed by atoms with Gasteiger partial charge in [0.05, 0.1) is 18.6 Å². The summed E-state index contributed by atoms with van der Waals surface area (Å²) in [5, 5.41) is 2.53. The molecule has 0 aliphatic carbocycles. The van der Waals surface area contributed by atoms with Crippen LogP contribution in [-0.2, 0) is 11.0 Å². The zero-order valence-corrected chi connectivity index (χ0v) is 16.7. The molecule has 1 heterocycles. The van der Waals surface area contributed by atoms with Crippen LogP contribution in [0.25, 0.3) is 6.20 Å². The van der Waals surface area contributed by atoms with Crippen molar-refractivity contribution in [3.8, 4) is 0 Å². The lowest BCUT2D eigenvalue weighted by molar-refractivity contribution is 0.282. The molecule has 134 valence electrons. The number of nitrogens with zero attached hydrogens (tertiary/aromatic N) is 2. The molecule has 1 aromatic heterocycles. The molecular weight excluding hydrogens is 336 g/mol. The van der Waals surface area contributed by atoms with E-state index < -0.39 is 8.32 Å². The monoisotopic (exact) mass is 362 g/mol. The summed E-state index contributed by atoms with van der Waals surface area (Å²) in [6.45, 7) is 11.1. The van der Waals surface area contributed by atoms with Gasteiger partial charge in [-0.15, -0.1) is 0 Å². The van der Waals surface area contributed by atoms with E-state index in [9.17, 15) is 0 Å². The third kappa shape index (κ3) is 3.43. The molecular formula is C22H26N2OSi. The number of hydrogen-bond donors (Lipinski definition) is 0. The summed E-state index contributed by atoms with van der Waals surface area (Å²) in [6.07, 6.45) is 5.46. The van der Waals surface area contributed by atoms with Crippen LogP contribution >= 0.6 is 0 Å². The highest BCUT2D eigenvalue weighted by Gasteiger charge is 2.50. The summed E-state index contributed by atoms with van der Waals surface area (Å²) < 4.78 is 8.69. The first-order valence-electron chi connectivity index (χ1n) is 8.87. The van der Waals surface area contributed by atoms with Crippen LogP contribution in [0.1, 0.15) is 26.5 Å². The van der Waals surface area contributed by atoms with E-state index >= 15 is 0 Å². The molecule has 3 rings (SSSR count).